The summed E-state index contributed by atoms with van der Waals surface area (Å²) in [6.45, 7) is 1.98. The highest BCUT2D eigenvalue weighted by molar-refractivity contribution is 5.51. The van der Waals surface area contributed by atoms with Gasteiger partial charge in [-0.05, 0) is 43.9 Å². The first-order chi connectivity index (χ1) is 7.15. The summed E-state index contributed by atoms with van der Waals surface area (Å²) in [5.41, 5.74) is 7.81. The van der Waals surface area contributed by atoms with Crippen LogP contribution in [0.2, 0.25) is 0 Å². The van der Waals surface area contributed by atoms with Crippen molar-refractivity contribution < 1.29 is 4.39 Å². The van der Waals surface area contributed by atoms with Gasteiger partial charge in [0.25, 0.3) is 0 Å². The van der Waals surface area contributed by atoms with Crippen molar-refractivity contribution >= 4 is 5.69 Å². The quantitative estimate of drug-likeness (QED) is 0.783. The molecule has 1 aliphatic carbocycles. The molecule has 1 fully saturated rings. The lowest BCUT2D eigenvalue weighted by atomic mass is 10.1. The Balaban J connectivity index is 2.07. The van der Waals surface area contributed by atoms with E-state index in [9.17, 15) is 4.39 Å². The van der Waals surface area contributed by atoms with Crippen LogP contribution >= 0.6 is 0 Å². The molecule has 0 bridgehead atoms. The first kappa shape index (κ1) is 10.4. The topological polar surface area (TPSA) is 38.0 Å². The van der Waals surface area contributed by atoms with Crippen molar-refractivity contribution in [2.24, 2.45) is 5.73 Å². The fourth-order valence-electron chi connectivity index (χ4n) is 2.12. The number of nitrogens with one attached hydrogen (secondary N) is 1. The lowest BCUT2D eigenvalue weighted by Gasteiger charge is -2.15. The van der Waals surface area contributed by atoms with Gasteiger partial charge in [-0.15, -0.1) is 0 Å². The molecule has 0 aliphatic heterocycles. The van der Waals surface area contributed by atoms with Gasteiger partial charge in [-0.2, -0.15) is 0 Å². The maximum absolute atomic E-state index is 13.0. The predicted molar refractivity (Wildman–Crippen MR) is 60.4 cm³/mol. The van der Waals surface area contributed by atoms with Crippen LogP contribution in [0.15, 0.2) is 18.2 Å². The minimum absolute atomic E-state index is 0.189. The predicted octanol–water partition coefficient (Wildman–Crippen LogP) is 2.43. The summed E-state index contributed by atoms with van der Waals surface area (Å²) < 4.78 is 13.0. The number of halogens is 1. The third-order valence-electron chi connectivity index (χ3n) is 3.03. The highest BCUT2D eigenvalue weighted by atomic mass is 19.1. The van der Waals surface area contributed by atoms with E-state index in [2.05, 4.69) is 5.32 Å². The van der Waals surface area contributed by atoms with Gasteiger partial charge < -0.3 is 11.1 Å². The molecule has 0 saturated heterocycles. The largest absolute Gasteiger partial charge is 0.382 e. The van der Waals surface area contributed by atoms with Gasteiger partial charge in [0.05, 0.1) is 0 Å². The number of nitrogens with two attached hydrogens (primary N) is 1. The molecule has 3 heteroatoms. The molecule has 2 nitrogen and oxygen atoms in total. The molecule has 0 radical (unpaired) electrons. The van der Waals surface area contributed by atoms with Crippen LogP contribution in [0.1, 0.15) is 24.8 Å². The van der Waals surface area contributed by atoms with Crippen molar-refractivity contribution in [1.29, 1.82) is 0 Å². The standard InChI is InChI=1S/C12H17FN2/c1-8-2-3-9(13)6-12(8)15-11-5-4-10(14)7-11/h2-3,6,10-11,15H,4-5,7,14H2,1H3. The molecule has 1 aliphatic rings. The van der Waals surface area contributed by atoms with Gasteiger partial charge in [-0.25, -0.2) is 4.39 Å². The van der Waals surface area contributed by atoms with Crippen molar-refractivity contribution in [2.45, 2.75) is 38.3 Å². The first-order valence-corrected chi connectivity index (χ1v) is 5.43. The lowest BCUT2D eigenvalue weighted by molar-refractivity contribution is 0.626. The third kappa shape index (κ3) is 2.48. The molecule has 2 unspecified atom stereocenters. The van der Waals surface area contributed by atoms with Gasteiger partial charge in [0, 0.05) is 17.8 Å². The van der Waals surface area contributed by atoms with Crippen LogP contribution in [-0.2, 0) is 0 Å². The Kier molecular flexibility index (Phi) is 2.91. The number of rotatable bonds is 2. The van der Waals surface area contributed by atoms with E-state index in [1.807, 2.05) is 6.92 Å². The fraction of sp³-hybridized carbons (Fsp3) is 0.500. The molecule has 1 aromatic carbocycles. The second-order valence-corrected chi connectivity index (χ2v) is 4.37. The smallest absolute Gasteiger partial charge is 0.125 e. The van der Waals surface area contributed by atoms with Crippen LogP contribution < -0.4 is 11.1 Å². The molecule has 2 atom stereocenters. The molecule has 3 N–H and O–H groups in total. The Bertz CT molecular complexity index is 351. The van der Waals surface area contributed by atoms with E-state index >= 15 is 0 Å². The highest BCUT2D eigenvalue weighted by Crippen LogP contribution is 2.24. The van der Waals surface area contributed by atoms with Crippen LogP contribution in [0.25, 0.3) is 0 Å². The zero-order chi connectivity index (χ0) is 10.8. The van der Waals surface area contributed by atoms with Crippen molar-refractivity contribution in [3.8, 4) is 0 Å². The molecule has 0 aromatic heterocycles. The lowest BCUT2D eigenvalue weighted by Crippen LogP contribution is -2.21. The number of aryl methyl sites for hydroxylation is 1. The maximum Gasteiger partial charge on any atom is 0.125 e. The van der Waals surface area contributed by atoms with Gasteiger partial charge in [-0.1, -0.05) is 6.07 Å². The maximum atomic E-state index is 13.0. The fourth-order valence-corrected chi connectivity index (χ4v) is 2.12. The molecule has 0 heterocycles. The van der Waals surface area contributed by atoms with Crippen molar-refractivity contribution in [2.75, 3.05) is 5.32 Å². The molecular formula is C12H17FN2. The Morgan fingerprint density at radius 3 is 2.87 bits per heavy atom. The summed E-state index contributed by atoms with van der Waals surface area (Å²) in [6, 6.07) is 5.55. The van der Waals surface area contributed by atoms with Crippen molar-refractivity contribution in [3.05, 3.63) is 29.6 Å². The monoisotopic (exact) mass is 208 g/mol. The summed E-state index contributed by atoms with van der Waals surface area (Å²) >= 11 is 0. The van der Waals surface area contributed by atoms with Crippen LogP contribution in [0.4, 0.5) is 10.1 Å². The Morgan fingerprint density at radius 1 is 1.40 bits per heavy atom. The molecule has 0 amide bonds. The van der Waals surface area contributed by atoms with Crippen molar-refractivity contribution in [3.63, 3.8) is 0 Å². The Morgan fingerprint density at radius 2 is 2.20 bits per heavy atom. The zero-order valence-electron chi connectivity index (χ0n) is 8.96. The van der Waals surface area contributed by atoms with Gasteiger partial charge in [-0.3, -0.25) is 0 Å². The van der Waals surface area contributed by atoms with Gasteiger partial charge in [0.2, 0.25) is 0 Å². The average molecular weight is 208 g/mol. The van der Waals surface area contributed by atoms with E-state index in [1.54, 1.807) is 12.1 Å². The zero-order valence-corrected chi connectivity index (χ0v) is 8.96. The van der Waals surface area contributed by atoms with E-state index in [0.717, 1.165) is 30.5 Å². The second kappa shape index (κ2) is 4.19. The van der Waals surface area contributed by atoms with E-state index < -0.39 is 0 Å². The molecule has 82 valence electrons. The minimum Gasteiger partial charge on any atom is -0.382 e. The Hall–Kier alpha value is -1.09. The van der Waals surface area contributed by atoms with E-state index in [0.29, 0.717) is 12.1 Å². The van der Waals surface area contributed by atoms with Crippen LogP contribution in [0, 0.1) is 12.7 Å². The molecule has 0 spiro atoms. The van der Waals surface area contributed by atoms with Gasteiger partial charge in [0.1, 0.15) is 5.82 Å². The van der Waals surface area contributed by atoms with Crippen LogP contribution in [0.5, 0.6) is 0 Å². The van der Waals surface area contributed by atoms with Gasteiger partial charge >= 0.3 is 0 Å². The average Bonchev–Trinajstić information content (AvgIpc) is 2.58. The van der Waals surface area contributed by atoms with Crippen molar-refractivity contribution in [1.82, 2.24) is 0 Å². The third-order valence-corrected chi connectivity index (χ3v) is 3.03. The summed E-state index contributed by atoms with van der Waals surface area (Å²) in [6.07, 6.45) is 3.12. The molecule has 15 heavy (non-hydrogen) atoms. The molecule has 1 saturated carbocycles. The highest BCUT2D eigenvalue weighted by Gasteiger charge is 2.21. The van der Waals surface area contributed by atoms with E-state index in [1.165, 1.54) is 6.07 Å². The Labute approximate surface area is 89.7 Å². The summed E-state index contributed by atoms with van der Waals surface area (Å²) in [7, 11) is 0. The number of hydrogen-bond acceptors (Lipinski definition) is 2. The summed E-state index contributed by atoms with van der Waals surface area (Å²) in [5, 5.41) is 3.36. The van der Waals surface area contributed by atoms with E-state index in [-0.39, 0.29) is 5.82 Å². The van der Waals surface area contributed by atoms with E-state index in [4.69, 9.17) is 5.73 Å². The molecular weight excluding hydrogens is 191 g/mol. The first-order valence-electron chi connectivity index (χ1n) is 5.43. The van der Waals surface area contributed by atoms with Crippen LogP contribution in [-0.4, -0.2) is 12.1 Å². The summed E-state index contributed by atoms with van der Waals surface area (Å²) in [5.74, 6) is -0.189. The molecule has 1 aromatic rings. The minimum atomic E-state index is -0.189. The normalized spacial score (nSPS) is 25.5. The van der Waals surface area contributed by atoms with Gasteiger partial charge in [0.15, 0.2) is 0 Å². The molecule has 2 rings (SSSR count). The second-order valence-electron chi connectivity index (χ2n) is 4.37. The number of anilines is 1. The number of benzene rings is 1. The van der Waals surface area contributed by atoms with Crippen LogP contribution in [0.3, 0.4) is 0 Å². The number of hydrogen-bond donors (Lipinski definition) is 2. The SMILES string of the molecule is Cc1ccc(F)cc1NC1CCC(N)C1. The summed E-state index contributed by atoms with van der Waals surface area (Å²) in [4.78, 5) is 0.